The molecule has 1 unspecified atom stereocenters. The molecule has 0 spiro atoms. The minimum absolute atomic E-state index is 0.0312. The van der Waals surface area contributed by atoms with E-state index in [0.717, 1.165) is 24.8 Å². The van der Waals surface area contributed by atoms with Gasteiger partial charge in [0.2, 0.25) is 5.89 Å². The predicted octanol–water partition coefficient (Wildman–Crippen LogP) is 3.40. The highest BCUT2D eigenvalue weighted by molar-refractivity contribution is 5.89. The van der Waals surface area contributed by atoms with Crippen molar-refractivity contribution in [3.05, 3.63) is 36.0 Å². The van der Waals surface area contributed by atoms with Gasteiger partial charge in [-0.2, -0.15) is 4.98 Å². The van der Waals surface area contributed by atoms with Crippen molar-refractivity contribution in [1.82, 2.24) is 20.1 Å². The highest BCUT2D eigenvalue weighted by Gasteiger charge is 2.29. The molecular formula is C18H20F2N6O. The number of benzene rings is 1. The second-order valence-corrected chi connectivity index (χ2v) is 6.84. The summed E-state index contributed by atoms with van der Waals surface area (Å²) in [6, 6.07) is 7.24. The number of piperidine rings is 1. The molecule has 9 heteroatoms. The van der Waals surface area contributed by atoms with E-state index in [1.54, 1.807) is 17.0 Å². The van der Waals surface area contributed by atoms with Crippen molar-refractivity contribution in [2.75, 3.05) is 37.0 Å². The lowest BCUT2D eigenvalue weighted by molar-refractivity contribution is 0.141. The van der Waals surface area contributed by atoms with Gasteiger partial charge >= 0.3 is 0 Å². The van der Waals surface area contributed by atoms with Gasteiger partial charge in [0, 0.05) is 32.6 Å². The van der Waals surface area contributed by atoms with Gasteiger partial charge in [-0.05, 0) is 30.1 Å². The zero-order valence-corrected chi connectivity index (χ0v) is 15.1. The fourth-order valence-electron chi connectivity index (χ4n) is 3.36. The van der Waals surface area contributed by atoms with Crippen molar-refractivity contribution in [1.29, 1.82) is 0 Å². The average molecular weight is 374 g/mol. The number of alkyl halides is 2. The van der Waals surface area contributed by atoms with Gasteiger partial charge in [0.25, 0.3) is 12.4 Å². The number of anilines is 2. The second-order valence-electron chi connectivity index (χ2n) is 6.84. The summed E-state index contributed by atoms with van der Waals surface area (Å²) in [6.45, 7) is 1.31. The normalized spacial score (nSPS) is 17.7. The monoisotopic (exact) mass is 374 g/mol. The summed E-state index contributed by atoms with van der Waals surface area (Å²) in [5.41, 5.74) is 0.521. The Hall–Kier alpha value is -2.84. The largest absolute Gasteiger partial charge is 0.355 e. The van der Waals surface area contributed by atoms with Crippen LogP contribution in [0, 0.1) is 0 Å². The van der Waals surface area contributed by atoms with Crippen LogP contribution in [0.5, 0.6) is 0 Å². The molecule has 1 aliphatic rings. The third kappa shape index (κ3) is 3.41. The van der Waals surface area contributed by atoms with E-state index in [9.17, 15) is 8.78 Å². The minimum Gasteiger partial charge on any atom is -0.355 e. The molecule has 1 atom stereocenters. The first-order chi connectivity index (χ1) is 13.0. The smallest absolute Gasteiger partial charge is 0.297 e. The molecule has 0 saturated carbocycles. The molecule has 4 rings (SSSR count). The van der Waals surface area contributed by atoms with Gasteiger partial charge in [-0.15, -0.1) is 0 Å². The molecule has 1 aromatic carbocycles. The van der Waals surface area contributed by atoms with E-state index in [1.165, 1.54) is 0 Å². The van der Waals surface area contributed by atoms with E-state index in [1.807, 2.05) is 31.1 Å². The molecule has 142 valence electrons. The lowest BCUT2D eigenvalue weighted by Gasteiger charge is -2.32. The van der Waals surface area contributed by atoms with Gasteiger partial charge in [0.1, 0.15) is 5.82 Å². The number of hydrogen-bond donors (Lipinski definition) is 0. The lowest BCUT2D eigenvalue weighted by Crippen LogP contribution is -2.35. The first-order valence-corrected chi connectivity index (χ1v) is 8.83. The van der Waals surface area contributed by atoms with Crippen LogP contribution >= 0.6 is 0 Å². The van der Waals surface area contributed by atoms with Gasteiger partial charge in [-0.1, -0.05) is 12.1 Å². The molecule has 0 N–H and O–H groups in total. The Bertz CT molecular complexity index is 945. The highest BCUT2D eigenvalue weighted by Crippen LogP contribution is 2.33. The summed E-state index contributed by atoms with van der Waals surface area (Å²) in [6.07, 6.45) is -0.935. The molecule has 2 aromatic heterocycles. The van der Waals surface area contributed by atoms with Crippen molar-refractivity contribution < 1.29 is 13.3 Å². The van der Waals surface area contributed by atoms with Crippen LogP contribution in [-0.4, -0.2) is 47.3 Å². The van der Waals surface area contributed by atoms with Crippen LogP contribution in [0.15, 0.2) is 28.8 Å². The second kappa shape index (κ2) is 7.05. The molecule has 0 radical (unpaired) electrons. The number of rotatable bonds is 4. The molecule has 0 amide bonds. The highest BCUT2D eigenvalue weighted by atomic mass is 19.3. The van der Waals surface area contributed by atoms with Gasteiger partial charge in [0.15, 0.2) is 5.82 Å². The fraction of sp³-hybridized carbons (Fsp3) is 0.444. The molecular weight excluding hydrogens is 354 g/mol. The van der Waals surface area contributed by atoms with Crippen LogP contribution in [0.4, 0.5) is 20.5 Å². The Balaban J connectivity index is 1.68. The number of fused-ring (bicyclic) bond motifs is 1. The van der Waals surface area contributed by atoms with E-state index in [-0.39, 0.29) is 5.92 Å². The quantitative estimate of drug-likeness (QED) is 0.693. The maximum absolute atomic E-state index is 13.3. The number of nitrogens with zero attached hydrogens (tertiary/aromatic N) is 6. The van der Waals surface area contributed by atoms with Crippen LogP contribution < -0.4 is 9.80 Å². The summed E-state index contributed by atoms with van der Waals surface area (Å²) in [5.74, 6) is 1.21. The van der Waals surface area contributed by atoms with Crippen molar-refractivity contribution in [2.45, 2.75) is 25.2 Å². The van der Waals surface area contributed by atoms with Crippen LogP contribution in [0.1, 0.15) is 36.9 Å². The SMILES string of the molecule is CN(C)c1noc(C2CCCN(c3nc(C(F)F)nc4ccccc34)C2)n1. The zero-order chi connectivity index (χ0) is 19.0. The van der Waals surface area contributed by atoms with Gasteiger partial charge in [-0.3, -0.25) is 0 Å². The van der Waals surface area contributed by atoms with E-state index in [4.69, 9.17) is 4.52 Å². The minimum atomic E-state index is -2.72. The molecule has 3 aromatic rings. The van der Waals surface area contributed by atoms with E-state index < -0.39 is 12.2 Å². The molecule has 1 fully saturated rings. The molecule has 0 aliphatic carbocycles. The van der Waals surface area contributed by atoms with Gasteiger partial charge < -0.3 is 14.3 Å². The van der Waals surface area contributed by atoms with E-state index in [0.29, 0.717) is 29.7 Å². The summed E-state index contributed by atoms with van der Waals surface area (Å²) >= 11 is 0. The number of aromatic nitrogens is 4. The Morgan fingerprint density at radius 2 is 2.00 bits per heavy atom. The Morgan fingerprint density at radius 1 is 1.19 bits per heavy atom. The van der Waals surface area contributed by atoms with E-state index in [2.05, 4.69) is 20.1 Å². The Labute approximate surface area is 155 Å². The average Bonchev–Trinajstić information content (AvgIpc) is 3.18. The zero-order valence-electron chi connectivity index (χ0n) is 15.1. The molecule has 1 saturated heterocycles. The molecule has 1 aliphatic heterocycles. The van der Waals surface area contributed by atoms with Gasteiger partial charge in [0.05, 0.1) is 11.4 Å². The summed E-state index contributed by atoms with van der Waals surface area (Å²) in [4.78, 5) is 16.4. The first kappa shape index (κ1) is 17.6. The third-order valence-corrected chi connectivity index (χ3v) is 4.70. The van der Waals surface area contributed by atoms with Crippen LogP contribution in [-0.2, 0) is 0 Å². The molecule has 7 nitrogen and oxygen atoms in total. The first-order valence-electron chi connectivity index (χ1n) is 8.83. The Kier molecular flexibility index (Phi) is 4.59. The number of hydrogen-bond acceptors (Lipinski definition) is 7. The molecule has 27 heavy (non-hydrogen) atoms. The third-order valence-electron chi connectivity index (χ3n) is 4.70. The van der Waals surface area contributed by atoms with Crippen molar-refractivity contribution in [3.8, 4) is 0 Å². The molecule has 0 bridgehead atoms. The topological polar surface area (TPSA) is 71.2 Å². The van der Waals surface area contributed by atoms with Crippen LogP contribution in [0.3, 0.4) is 0 Å². The summed E-state index contributed by atoms with van der Waals surface area (Å²) in [5, 5.41) is 4.74. The summed E-state index contributed by atoms with van der Waals surface area (Å²) < 4.78 is 32.0. The Morgan fingerprint density at radius 3 is 2.74 bits per heavy atom. The standard InChI is InChI=1S/C18H20F2N6O/c1-25(2)18-23-17(27-24-18)11-6-5-9-26(10-11)16-12-7-3-4-8-13(12)21-15(22-16)14(19)20/h3-4,7-8,11,14H,5-6,9-10H2,1-2H3. The van der Waals surface area contributed by atoms with Crippen LogP contribution in [0.2, 0.25) is 0 Å². The van der Waals surface area contributed by atoms with Crippen LogP contribution in [0.25, 0.3) is 10.9 Å². The van der Waals surface area contributed by atoms with Gasteiger partial charge in [-0.25, -0.2) is 18.7 Å². The lowest BCUT2D eigenvalue weighted by atomic mass is 9.97. The molecule has 3 heterocycles. The number of para-hydroxylation sites is 1. The van der Waals surface area contributed by atoms with Crippen molar-refractivity contribution >= 4 is 22.7 Å². The van der Waals surface area contributed by atoms with E-state index >= 15 is 0 Å². The maximum atomic E-state index is 13.3. The predicted molar refractivity (Wildman–Crippen MR) is 97.3 cm³/mol. The van der Waals surface area contributed by atoms with Crippen molar-refractivity contribution in [3.63, 3.8) is 0 Å². The maximum Gasteiger partial charge on any atom is 0.297 e. The number of halogens is 2. The van der Waals surface area contributed by atoms with Crippen molar-refractivity contribution in [2.24, 2.45) is 0 Å². The fourth-order valence-corrected chi connectivity index (χ4v) is 3.36. The summed E-state index contributed by atoms with van der Waals surface area (Å²) in [7, 11) is 3.70.